The molecule has 0 fully saturated rings. The lowest BCUT2D eigenvalue weighted by Gasteiger charge is -2.17. The minimum atomic E-state index is -0.696. The van der Waals surface area contributed by atoms with Crippen LogP contribution in [0.1, 0.15) is 34.6 Å². The van der Waals surface area contributed by atoms with E-state index in [-0.39, 0.29) is 5.96 Å². The van der Waals surface area contributed by atoms with Crippen LogP contribution in [0.3, 0.4) is 0 Å². The van der Waals surface area contributed by atoms with Gasteiger partial charge in [-0.25, -0.2) is 0 Å². The molecular formula is C20H20N6O4. The van der Waals surface area contributed by atoms with Crippen molar-refractivity contribution in [3.63, 3.8) is 0 Å². The summed E-state index contributed by atoms with van der Waals surface area (Å²) in [7, 11) is 0. The van der Waals surface area contributed by atoms with Crippen molar-refractivity contribution < 1.29 is 19.2 Å². The Kier molecular flexibility index (Phi) is 7.52. The van der Waals surface area contributed by atoms with Gasteiger partial charge in [0.2, 0.25) is 23.7 Å². The van der Waals surface area contributed by atoms with E-state index in [2.05, 4.69) is 20.7 Å². The van der Waals surface area contributed by atoms with Crippen LogP contribution in [-0.4, -0.2) is 40.6 Å². The highest BCUT2D eigenvalue weighted by Gasteiger charge is 2.19. The molecule has 154 valence electrons. The topological polar surface area (TPSA) is 146 Å². The minimum absolute atomic E-state index is 0.291. The van der Waals surface area contributed by atoms with Gasteiger partial charge in [0.15, 0.2) is 0 Å². The molecule has 0 aliphatic heterocycles. The van der Waals surface area contributed by atoms with E-state index in [9.17, 15) is 19.2 Å². The van der Waals surface area contributed by atoms with Crippen LogP contribution in [-0.2, 0) is 9.59 Å². The quantitative estimate of drug-likeness (QED) is 0.391. The molecule has 0 heterocycles. The van der Waals surface area contributed by atoms with Crippen molar-refractivity contribution in [2.45, 2.75) is 13.8 Å². The fourth-order valence-electron chi connectivity index (χ4n) is 2.21. The summed E-state index contributed by atoms with van der Waals surface area (Å²) in [6.07, 6.45) is 0. The van der Waals surface area contributed by atoms with Crippen molar-refractivity contribution in [1.29, 1.82) is 0 Å². The number of hydrogen-bond acceptors (Lipinski definition) is 5. The van der Waals surface area contributed by atoms with E-state index in [1.54, 1.807) is 60.7 Å². The molecule has 2 rings (SSSR count). The first-order valence-electron chi connectivity index (χ1n) is 8.74. The normalized spacial score (nSPS) is 10.5. The van der Waals surface area contributed by atoms with Gasteiger partial charge >= 0.3 is 0 Å². The van der Waals surface area contributed by atoms with Crippen molar-refractivity contribution in [2.24, 2.45) is 15.8 Å². The Hall–Kier alpha value is -4.34. The van der Waals surface area contributed by atoms with E-state index in [1.165, 1.54) is 0 Å². The Morgan fingerprint density at radius 2 is 1.23 bits per heavy atom. The number of nitrogens with one attached hydrogen (secondary N) is 2. The SMILES string of the molecule is CC(=O)N=C(N)N(N=C(NC(=O)c1ccccc1)NC(=O)c1ccccc1)C(C)=O. The van der Waals surface area contributed by atoms with Crippen LogP contribution in [0.5, 0.6) is 0 Å². The molecule has 10 heteroatoms. The van der Waals surface area contributed by atoms with E-state index in [4.69, 9.17) is 5.73 Å². The second-order valence-electron chi connectivity index (χ2n) is 5.91. The van der Waals surface area contributed by atoms with Gasteiger partial charge < -0.3 is 5.73 Å². The summed E-state index contributed by atoms with van der Waals surface area (Å²) in [4.78, 5) is 51.6. The molecule has 2 aromatic rings. The van der Waals surface area contributed by atoms with Gasteiger partial charge in [0.25, 0.3) is 11.8 Å². The number of carbonyl (C=O) groups excluding carboxylic acids is 4. The van der Waals surface area contributed by atoms with E-state index < -0.39 is 29.6 Å². The Morgan fingerprint density at radius 3 is 1.60 bits per heavy atom. The van der Waals surface area contributed by atoms with E-state index in [0.29, 0.717) is 16.1 Å². The van der Waals surface area contributed by atoms with Crippen molar-refractivity contribution in [2.75, 3.05) is 0 Å². The first kappa shape index (κ1) is 22.0. The summed E-state index contributed by atoms with van der Waals surface area (Å²) >= 11 is 0. The first-order chi connectivity index (χ1) is 14.3. The summed E-state index contributed by atoms with van der Waals surface area (Å²) < 4.78 is 0. The molecule has 4 amide bonds. The smallest absolute Gasteiger partial charge is 0.258 e. The summed E-state index contributed by atoms with van der Waals surface area (Å²) in [6, 6.07) is 16.3. The number of rotatable bonds is 3. The van der Waals surface area contributed by atoms with Gasteiger partial charge in [-0.15, -0.1) is 5.10 Å². The van der Waals surface area contributed by atoms with Crippen LogP contribution in [0.4, 0.5) is 0 Å². The predicted octanol–water partition coefficient (Wildman–Crippen LogP) is 0.827. The van der Waals surface area contributed by atoms with Gasteiger partial charge in [0, 0.05) is 25.0 Å². The molecule has 0 saturated heterocycles. The predicted molar refractivity (Wildman–Crippen MR) is 110 cm³/mol. The Labute approximate surface area is 172 Å². The summed E-state index contributed by atoms with van der Waals surface area (Å²) in [6.45, 7) is 2.27. The number of guanidine groups is 2. The fraction of sp³-hybridized carbons (Fsp3) is 0.100. The molecule has 10 nitrogen and oxygen atoms in total. The fourth-order valence-corrected chi connectivity index (χ4v) is 2.21. The molecule has 0 aromatic heterocycles. The maximum Gasteiger partial charge on any atom is 0.258 e. The molecular weight excluding hydrogens is 388 g/mol. The van der Waals surface area contributed by atoms with Crippen molar-refractivity contribution in [3.05, 3.63) is 71.8 Å². The zero-order chi connectivity index (χ0) is 22.1. The third kappa shape index (κ3) is 6.37. The lowest BCUT2D eigenvalue weighted by molar-refractivity contribution is -0.125. The molecule has 0 aliphatic carbocycles. The monoisotopic (exact) mass is 408 g/mol. The molecule has 0 saturated carbocycles. The van der Waals surface area contributed by atoms with E-state index in [0.717, 1.165) is 13.8 Å². The van der Waals surface area contributed by atoms with Gasteiger partial charge in [-0.1, -0.05) is 36.4 Å². The summed E-state index contributed by atoms with van der Waals surface area (Å²) in [5, 5.41) is 9.31. The maximum atomic E-state index is 12.5. The lowest BCUT2D eigenvalue weighted by Crippen LogP contribution is -2.47. The highest BCUT2D eigenvalue weighted by atomic mass is 16.2. The zero-order valence-electron chi connectivity index (χ0n) is 16.3. The van der Waals surface area contributed by atoms with Crippen molar-refractivity contribution >= 4 is 35.5 Å². The number of amides is 4. The van der Waals surface area contributed by atoms with Gasteiger partial charge in [-0.05, 0) is 24.3 Å². The second kappa shape index (κ2) is 10.3. The number of hydrogen-bond donors (Lipinski definition) is 3. The maximum absolute atomic E-state index is 12.5. The second-order valence-corrected chi connectivity index (χ2v) is 5.91. The molecule has 0 unspecified atom stereocenters. The number of aliphatic imine (C=N–C) groups is 1. The highest BCUT2D eigenvalue weighted by Crippen LogP contribution is 2.01. The molecule has 0 aliphatic rings. The van der Waals surface area contributed by atoms with Crippen LogP contribution in [0.15, 0.2) is 70.8 Å². The van der Waals surface area contributed by atoms with E-state index >= 15 is 0 Å². The Morgan fingerprint density at radius 1 is 0.800 bits per heavy atom. The van der Waals surface area contributed by atoms with Gasteiger partial charge in [-0.2, -0.15) is 10.0 Å². The zero-order valence-corrected chi connectivity index (χ0v) is 16.3. The van der Waals surface area contributed by atoms with Crippen molar-refractivity contribution in [3.8, 4) is 0 Å². The summed E-state index contributed by atoms with van der Waals surface area (Å²) in [5.74, 6) is -3.43. The molecule has 30 heavy (non-hydrogen) atoms. The van der Waals surface area contributed by atoms with Gasteiger partial charge in [0.1, 0.15) is 0 Å². The number of hydrazone groups is 1. The number of nitrogens with two attached hydrogens (primary N) is 1. The molecule has 0 spiro atoms. The third-order valence-corrected chi connectivity index (χ3v) is 3.52. The number of nitrogens with zero attached hydrogens (tertiary/aromatic N) is 3. The van der Waals surface area contributed by atoms with Crippen LogP contribution < -0.4 is 16.4 Å². The minimum Gasteiger partial charge on any atom is -0.368 e. The van der Waals surface area contributed by atoms with Crippen LogP contribution >= 0.6 is 0 Å². The third-order valence-electron chi connectivity index (χ3n) is 3.52. The molecule has 0 radical (unpaired) electrons. The number of carbonyl (C=O) groups is 4. The molecule has 2 aromatic carbocycles. The highest BCUT2D eigenvalue weighted by molar-refractivity contribution is 6.13. The molecule has 4 N–H and O–H groups in total. The molecule has 0 bridgehead atoms. The average Bonchev–Trinajstić information content (AvgIpc) is 2.72. The van der Waals surface area contributed by atoms with Crippen LogP contribution in [0.2, 0.25) is 0 Å². The number of benzene rings is 2. The average molecular weight is 408 g/mol. The Bertz CT molecular complexity index is 947. The van der Waals surface area contributed by atoms with E-state index in [1.807, 2.05) is 0 Å². The Balaban J connectivity index is 2.38. The van der Waals surface area contributed by atoms with Crippen LogP contribution in [0.25, 0.3) is 0 Å². The van der Waals surface area contributed by atoms with Crippen molar-refractivity contribution in [1.82, 2.24) is 15.6 Å². The standard InChI is InChI=1S/C20H20N6O4/c1-13(27)22-19(21)26(14(2)28)25-20(23-17(29)15-9-5-3-6-10-15)24-18(30)16-11-7-4-8-12-16/h3-12H,1-2H3,(H2,21,22,27)(H2,23,24,25,29,30). The van der Waals surface area contributed by atoms with Crippen LogP contribution in [0, 0.1) is 0 Å². The summed E-state index contributed by atoms with van der Waals surface area (Å²) in [5.41, 5.74) is 6.24. The van der Waals surface area contributed by atoms with Gasteiger partial charge in [-0.3, -0.25) is 29.8 Å². The largest absolute Gasteiger partial charge is 0.368 e. The first-order valence-corrected chi connectivity index (χ1v) is 8.74. The lowest BCUT2D eigenvalue weighted by atomic mass is 10.2. The molecule has 0 atom stereocenters. The van der Waals surface area contributed by atoms with Gasteiger partial charge in [0.05, 0.1) is 0 Å².